The molecule has 0 fully saturated rings. The van der Waals surface area contributed by atoms with Crippen molar-refractivity contribution >= 4 is 104 Å². The van der Waals surface area contributed by atoms with Gasteiger partial charge in [0.2, 0.25) is 52.7 Å². The van der Waals surface area contributed by atoms with Gasteiger partial charge in [0.05, 0.1) is 0 Å². The Hall–Kier alpha value is -0.800. The number of benzene rings is 8. The van der Waals surface area contributed by atoms with Crippen molar-refractivity contribution < 1.29 is 252 Å². The number of rotatable bonds is 16. The predicted octanol–water partition coefficient (Wildman–Crippen LogP) is -7.08. The summed E-state index contributed by atoms with van der Waals surface area (Å²) in [5.41, 5.74) is -11.6. The van der Waals surface area contributed by atoms with Gasteiger partial charge in [-0.3, -0.25) is 36.5 Å². The molecule has 8 aromatic carbocycles. The van der Waals surface area contributed by atoms with E-state index < -0.39 is 83.1 Å². The molecule has 0 saturated carbocycles. The van der Waals surface area contributed by atoms with Crippen molar-refractivity contribution in [2.24, 2.45) is 0 Å². The van der Waals surface area contributed by atoms with Gasteiger partial charge in [-0.25, -0.2) is 0 Å². The predicted molar refractivity (Wildman–Crippen MR) is 281 cm³/mol. The average molecular weight is 1360 g/mol. The molecule has 8 unspecified atom stereocenters. The van der Waals surface area contributed by atoms with E-state index in [0.29, 0.717) is 43.1 Å². The third-order valence-electron chi connectivity index (χ3n) is 10.2. The molecule has 0 saturated heterocycles. The summed E-state index contributed by atoms with van der Waals surface area (Å²) in [5, 5.41) is 41.3. The zero-order chi connectivity index (χ0) is 59.9. The third-order valence-corrected chi connectivity index (χ3v) is 23.7. The first-order chi connectivity index (χ1) is 36.9. The molecular weight excluding hydrogens is 1320 g/mol. The number of aliphatic hydroxyl groups is 4. The second-order valence-corrected chi connectivity index (χ2v) is 31.5. The largest absolute Gasteiger partial charge is 1.00 e. The van der Waals surface area contributed by atoms with Crippen molar-refractivity contribution in [3.63, 3.8) is 0 Å². The molecule has 0 aromatic heterocycles. The number of fused-ring (bicyclic) bond motifs is 4. The molecular formula is C44H44Na4O28P8. The summed E-state index contributed by atoms with van der Waals surface area (Å²) in [4.78, 5) is 116. The molecule has 8 rings (SSSR count). The van der Waals surface area contributed by atoms with E-state index >= 15 is 0 Å². The summed E-state index contributed by atoms with van der Waals surface area (Å²) in [6.45, 7) is 0. The van der Waals surface area contributed by atoms with Gasteiger partial charge >= 0.3 is 149 Å². The Morgan fingerprint density at radius 3 is 0.560 bits per heavy atom. The minimum Gasteiger partial charge on any atom is -0.767 e. The van der Waals surface area contributed by atoms with Gasteiger partial charge < -0.3 is 97.2 Å². The Bertz CT molecular complexity index is 3400. The summed E-state index contributed by atoms with van der Waals surface area (Å²) in [6, 6.07) is 45.2. The Balaban J connectivity index is 0.000000551. The minimum absolute atomic E-state index is 0. The zero-order valence-electron chi connectivity index (χ0n) is 44.0. The molecule has 12 N–H and O–H groups in total. The Kier molecular flexibility index (Phi) is 32.4. The van der Waals surface area contributed by atoms with Gasteiger partial charge in [0, 0.05) is 21.5 Å². The van der Waals surface area contributed by atoms with Crippen LogP contribution in [0.5, 0.6) is 23.0 Å². The first-order valence-corrected chi connectivity index (χ1v) is 34.9. The van der Waals surface area contributed by atoms with Crippen LogP contribution in [0, 0.1) is 0 Å². The van der Waals surface area contributed by atoms with E-state index in [9.17, 15) is 76.5 Å². The maximum atomic E-state index is 11.7. The van der Waals surface area contributed by atoms with E-state index in [0.717, 1.165) is 0 Å². The Morgan fingerprint density at radius 1 is 0.262 bits per heavy atom. The average Bonchev–Trinajstić information content (AvgIpc) is 3.37. The van der Waals surface area contributed by atoms with Crippen molar-refractivity contribution in [2.75, 3.05) is 0 Å². The first kappa shape index (κ1) is 81.2. The molecule has 0 amide bonds. The second-order valence-electron chi connectivity index (χ2n) is 16.2. The van der Waals surface area contributed by atoms with Crippen LogP contribution in [-0.4, -0.2) is 81.9 Å². The standard InChI is InChI=1S/4C11H12O7P2.4Na/c4*12-11(19(13,14)15)20(16,17)18-10-7-3-5-8-4-1-2-6-9(8)10;;;;/h4*1-7,11-12H,(H,16,17)(H2,13,14,15);;;;/q;;;;4*+1/p-4. The van der Waals surface area contributed by atoms with Gasteiger partial charge in [0.15, 0.2) is 0 Å². The summed E-state index contributed by atoms with van der Waals surface area (Å²) >= 11 is 0. The molecule has 432 valence electrons. The van der Waals surface area contributed by atoms with Gasteiger partial charge in [0.25, 0.3) is 0 Å². The van der Waals surface area contributed by atoms with Crippen LogP contribution in [0.2, 0.25) is 0 Å². The maximum absolute atomic E-state index is 11.7. The molecule has 8 atom stereocenters. The molecule has 0 aliphatic rings. The fraction of sp³-hybridized carbons (Fsp3) is 0.0909. The molecule has 0 radical (unpaired) electrons. The molecule has 40 heteroatoms. The summed E-state index contributed by atoms with van der Waals surface area (Å²) < 4.78 is 109. The minimum atomic E-state index is -5.22. The molecule has 8 aromatic rings. The molecule has 0 spiro atoms. The van der Waals surface area contributed by atoms with Crippen LogP contribution < -0.4 is 156 Å². The quantitative estimate of drug-likeness (QED) is 0.0316. The van der Waals surface area contributed by atoms with Gasteiger partial charge in [-0.2, -0.15) is 0 Å². The molecule has 0 aliphatic carbocycles. The second kappa shape index (κ2) is 33.5. The Labute approximate surface area is 564 Å². The maximum Gasteiger partial charge on any atom is 1.00 e. The van der Waals surface area contributed by atoms with Crippen molar-refractivity contribution in [1.82, 2.24) is 0 Å². The molecule has 0 bridgehead atoms. The first-order valence-electron chi connectivity index (χ1n) is 21.7. The van der Waals surface area contributed by atoms with Gasteiger partial charge in [-0.1, -0.05) is 146 Å². The van der Waals surface area contributed by atoms with Crippen LogP contribution >= 0.6 is 60.8 Å². The molecule has 28 nitrogen and oxygen atoms in total. The van der Waals surface area contributed by atoms with E-state index in [-0.39, 0.29) is 141 Å². The van der Waals surface area contributed by atoms with Crippen molar-refractivity contribution in [2.45, 2.75) is 22.3 Å². The number of aliphatic hydroxyl groups excluding tert-OH is 4. The monoisotopic (exact) mass is 1360 g/mol. The van der Waals surface area contributed by atoms with E-state index in [4.69, 9.17) is 39.1 Å². The number of hydrogen-bond acceptors (Lipinski definition) is 20. The topological polar surface area (TPSA) is 508 Å². The van der Waals surface area contributed by atoms with E-state index in [1.54, 1.807) is 121 Å². The summed E-state index contributed by atoms with van der Waals surface area (Å²) in [6.07, 6.45) is 0. The molecule has 0 heterocycles. The van der Waals surface area contributed by atoms with Crippen LogP contribution in [0.15, 0.2) is 170 Å². The third kappa shape index (κ3) is 22.8. The molecule has 0 aliphatic heterocycles. The number of hydrogen-bond donors (Lipinski definition) is 12. The normalized spacial score (nSPS) is 15.8. The van der Waals surface area contributed by atoms with Crippen LogP contribution in [0.4, 0.5) is 0 Å². The SMILES string of the molecule is O=P(O)(O)C(O)P(=O)([O-])Oc1cccc2ccccc12.O=P(O)(O)C(O)P(=O)([O-])Oc1cccc2ccccc12.O=P(O)(O)C(O)P(=O)([O-])Oc1cccc2ccccc12.O=P(O)(O)C(O)P(=O)([O-])Oc1cccc2ccccc12.[Na+].[Na+].[Na+].[Na+]. The smallest absolute Gasteiger partial charge is 0.767 e. The summed E-state index contributed by atoms with van der Waals surface area (Å²) in [5.74, 6) is -0.411. The Morgan fingerprint density at radius 2 is 0.405 bits per heavy atom. The van der Waals surface area contributed by atoms with Gasteiger partial charge in [0.1, 0.15) is 23.0 Å². The fourth-order valence-corrected chi connectivity index (χ4v) is 15.1. The van der Waals surface area contributed by atoms with Crippen LogP contribution in [-0.2, 0) is 36.5 Å². The fourth-order valence-electron chi connectivity index (χ4n) is 6.57. The zero-order valence-corrected chi connectivity index (χ0v) is 59.1. The van der Waals surface area contributed by atoms with Crippen molar-refractivity contribution in [1.29, 1.82) is 0 Å². The van der Waals surface area contributed by atoms with E-state index in [1.165, 1.54) is 48.5 Å². The van der Waals surface area contributed by atoms with Gasteiger partial charge in [-0.15, -0.1) is 0 Å². The van der Waals surface area contributed by atoms with Crippen LogP contribution in [0.25, 0.3) is 43.1 Å². The molecule has 84 heavy (non-hydrogen) atoms. The van der Waals surface area contributed by atoms with Crippen molar-refractivity contribution in [3.8, 4) is 23.0 Å². The van der Waals surface area contributed by atoms with E-state index in [2.05, 4.69) is 18.1 Å². The summed E-state index contributed by atoms with van der Waals surface area (Å²) in [7, 11) is -41.6. The van der Waals surface area contributed by atoms with Gasteiger partial charge in [-0.05, 0) is 45.8 Å². The van der Waals surface area contributed by atoms with Crippen LogP contribution in [0.1, 0.15) is 0 Å². The van der Waals surface area contributed by atoms with Crippen molar-refractivity contribution in [3.05, 3.63) is 170 Å². The van der Waals surface area contributed by atoms with Crippen LogP contribution in [0.3, 0.4) is 0 Å². The van der Waals surface area contributed by atoms with E-state index in [1.807, 2.05) is 0 Å².